The molecule has 0 aromatic rings. The molecule has 0 unspecified atom stereocenters. The van der Waals surface area contributed by atoms with Crippen LogP contribution in [0.5, 0.6) is 0 Å². The topological polar surface area (TPSA) is 30.9 Å². The lowest BCUT2D eigenvalue weighted by Gasteiger charge is -2.41. The van der Waals surface area contributed by atoms with Crippen LogP contribution >= 0.6 is 0 Å². The maximum absolute atomic E-state index is 6.14. The lowest BCUT2D eigenvalue weighted by atomic mass is 9.91. The predicted octanol–water partition coefficient (Wildman–Crippen LogP) is 1.68. The molecule has 2 rings (SSSR count). The van der Waals surface area contributed by atoms with Crippen molar-refractivity contribution < 1.29 is 14.2 Å². The van der Waals surface area contributed by atoms with Gasteiger partial charge in [-0.2, -0.15) is 0 Å². The van der Waals surface area contributed by atoms with Gasteiger partial charge < -0.3 is 14.2 Å². The number of hydrogen-bond acceptors (Lipinski definition) is 4. The number of hydrogen-bond donors (Lipinski definition) is 0. The maximum atomic E-state index is 6.14. The van der Waals surface area contributed by atoms with Crippen LogP contribution < -0.4 is 0 Å². The van der Waals surface area contributed by atoms with Gasteiger partial charge in [0, 0.05) is 33.4 Å². The van der Waals surface area contributed by atoms with E-state index in [1.54, 1.807) is 14.2 Å². The average molecular weight is 257 g/mol. The van der Waals surface area contributed by atoms with E-state index in [4.69, 9.17) is 14.2 Å². The van der Waals surface area contributed by atoms with Gasteiger partial charge in [-0.15, -0.1) is 0 Å². The Labute approximate surface area is 111 Å². The molecule has 0 radical (unpaired) electrons. The Morgan fingerprint density at radius 2 is 1.83 bits per heavy atom. The van der Waals surface area contributed by atoms with E-state index < -0.39 is 0 Å². The first kappa shape index (κ1) is 14.3. The molecule has 2 aliphatic rings. The molecule has 2 atom stereocenters. The fourth-order valence-electron chi connectivity index (χ4n) is 2.94. The molecule has 0 bridgehead atoms. The summed E-state index contributed by atoms with van der Waals surface area (Å²) < 4.78 is 16.6. The van der Waals surface area contributed by atoms with E-state index >= 15 is 0 Å². The van der Waals surface area contributed by atoms with Crippen molar-refractivity contribution >= 4 is 0 Å². The Balaban J connectivity index is 1.65. The summed E-state index contributed by atoms with van der Waals surface area (Å²) in [6.07, 6.45) is 5.79. The molecule has 1 aliphatic heterocycles. The molecule has 0 aromatic heterocycles. The highest BCUT2D eigenvalue weighted by molar-refractivity contribution is 4.85. The summed E-state index contributed by atoms with van der Waals surface area (Å²) in [5.41, 5.74) is 0. The Morgan fingerprint density at radius 3 is 2.44 bits per heavy atom. The summed E-state index contributed by atoms with van der Waals surface area (Å²) in [7, 11) is 3.56. The Bertz CT molecular complexity index is 243. The van der Waals surface area contributed by atoms with Crippen LogP contribution in [0.25, 0.3) is 0 Å². The molecule has 0 spiro atoms. The van der Waals surface area contributed by atoms with Crippen LogP contribution in [0.3, 0.4) is 0 Å². The van der Waals surface area contributed by atoms with E-state index in [2.05, 4.69) is 11.8 Å². The summed E-state index contributed by atoms with van der Waals surface area (Å²) in [6.45, 7) is 5.30. The predicted molar refractivity (Wildman–Crippen MR) is 70.8 cm³/mol. The Kier molecular flexibility index (Phi) is 5.42. The molecule has 0 aromatic carbocycles. The average Bonchev–Trinajstić information content (AvgIpc) is 2.32. The lowest BCUT2D eigenvalue weighted by molar-refractivity contribution is -0.131. The second-order valence-corrected chi connectivity index (χ2v) is 5.61. The highest BCUT2D eigenvalue weighted by Crippen LogP contribution is 2.30. The quantitative estimate of drug-likeness (QED) is 0.724. The van der Waals surface area contributed by atoms with Crippen molar-refractivity contribution in [1.82, 2.24) is 4.90 Å². The van der Waals surface area contributed by atoms with Crippen LogP contribution in [0, 0.1) is 0 Å². The first-order valence-corrected chi connectivity index (χ1v) is 7.14. The van der Waals surface area contributed by atoms with Crippen LogP contribution in [-0.2, 0) is 14.2 Å². The molecule has 1 heterocycles. The van der Waals surface area contributed by atoms with Gasteiger partial charge >= 0.3 is 0 Å². The lowest BCUT2D eigenvalue weighted by Crippen LogP contribution is -2.47. The van der Waals surface area contributed by atoms with Crippen molar-refractivity contribution in [1.29, 1.82) is 0 Å². The molecule has 4 heteroatoms. The van der Waals surface area contributed by atoms with Gasteiger partial charge in [0.2, 0.25) is 0 Å². The third-order valence-electron chi connectivity index (χ3n) is 4.32. The van der Waals surface area contributed by atoms with Crippen molar-refractivity contribution in [2.75, 3.05) is 33.9 Å². The molecule has 2 fully saturated rings. The van der Waals surface area contributed by atoms with E-state index in [1.807, 2.05) is 0 Å². The summed E-state index contributed by atoms with van der Waals surface area (Å²) in [6, 6.07) is 0.609. The van der Waals surface area contributed by atoms with Gasteiger partial charge in [0.05, 0.1) is 24.9 Å². The van der Waals surface area contributed by atoms with Crippen LogP contribution in [0.2, 0.25) is 0 Å². The highest BCUT2D eigenvalue weighted by atomic mass is 16.5. The zero-order valence-corrected chi connectivity index (χ0v) is 11.9. The van der Waals surface area contributed by atoms with Crippen molar-refractivity contribution in [2.24, 2.45) is 0 Å². The SMILES string of the molecule is COCCN1CC[C@H](OC2CC(OC)C2)C[C@@H]1C. The molecule has 106 valence electrons. The molecule has 1 saturated carbocycles. The first-order valence-electron chi connectivity index (χ1n) is 7.14. The maximum Gasteiger partial charge on any atom is 0.0628 e. The summed E-state index contributed by atoms with van der Waals surface area (Å²) in [4.78, 5) is 2.50. The monoisotopic (exact) mass is 257 g/mol. The minimum atomic E-state index is 0.439. The van der Waals surface area contributed by atoms with Crippen molar-refractivity contribution in [2.45, 2.75) is 57.0 Å². The fourth-order valence-corrected chi connectivity index (χ4v) is 2.94. The molecule has 18 heavy (non-hydrogen) atoms. The van der Waals surface area contributed by atoms with E-state index in [0.29, 0.717) is 24.4 Å². The van der Waals surface area contributed by atoms with E-state index in [1.165, 1.54) is 0 Å². The number of piperidine rings is 1. The summed E-state index contributed by atoms with van der Waals surface area (Å²) in [5.74, 6) is 0. The van der Waals surface area contributed by atoms with Crippen molar-refractivity contribution in [3.63, 3.8) is 0 Å². The normalized spacial score (nSPS) is 37.5. The fraction of sp³-hybridized carbons (Fsp3) is 1.00. The van der Waals surface area contributed by atoms with Gasteiger partial charge in [-0.3, -0.25) is 4.90 Å². The Morgan fingerprint density at radius 1 is 1.06 bits per heavy atom. The van der Waals surface area contributed by atoms with Gasteiger partial charge in [0.1, 0.15) is 0 Å². The number of ether oxygens (including phenoxy) is 3. The summed E-state index contributed by atoms with van der Waals surface area (Å²) in [5, 5.41) is 0. The smallest absolute Gasteiger partial charge is 0.0628 e. The van der Waals surface area contributed by atoms with Crippen molar-refractivity contribution in [3.8, 4) is 0 Å². The third kappa shape index (κ3) is 3.67. The van der Waals surface area contributed by atoms with Crippen molar-refractivity contribution in [3.05, 3.63) is 0 Å². The van der Waals surface area contributed by atoms with E-state index in [0.717, 1.165) is 45.4 Å². The number of rotatable bonds is 6. The zero-order valence-electron chi connectivity index (χ0n) is 11.9. The number of nitrogens with zero attached hydrogens (tertiary/aromatic N) is 1. The van der Waals surface area contributed by atoms with E-state index in [-0.39, 0.29) is 0 Å². The van der Waals surface area contributed by atoms with Gasteiger partial charge in [-0.25, -0.2) is 0 Å². The van der Waals surface area contributed by atoms with Crippen LogP contribution in [0.15, 0.2) is 0 Å². The second kappa shape index (κ2) is 6.85. The molecule has 1 aliphatic carbocycles. The second-order valence-electron chi connectivity index (χ2n) is 5.61. The standard InChI is InChI=1S/C14H27NO3/c1-11-8-12(4-5-15(11)6-7-16-2)18-14-9-13(10-14)17-3/h11-14H,4-10H2,1-3H3/t11-,12-,13?,14?/m0/s1. The Hall–Kier alpha value is -0.160. The molecule has 4 nitrogen and oxygen atoms in total. The molecule has 0 N–H and O–H groups in total. The van der Waals surface area contributed by atoms with Crippen LogP contribution in [-0.4, -0.2) is 63.2 Å². The largest absolute Gasteiger partial charge is 0.383 e. The van der Waals surface area contributed by atoms with Crippen LogP contribution in [0.4, 0.5) is 0 Å². The van der Waals surface area contributed by atoms with E-state index in [9.17, 15) is 0 Å². The zero-order chi connectivity index (χ0) is 13.0. The van der Waals surface area contributed by atoms with Gasteiger partial charge in [0.25, 0.3) is 0 Å². The first-order chi connectivity index (χ1) is 8.72. The molecule has 0 amide bonds. The van der Waals surface area contributed by atoms with Crippen LogP contribution in [0.1, 0.15) is 32.6 Å². The minimum absolute atomic E-state index is 0.439. The molecule has 1 saturated heterocycles. The van der Waals surface area contributed by atoms with Gasteiger partial charge in [-0.1, -0.05) is 0 Å². The molecular formula is C14H27NO3. The summed E-state index contributed by atoms with van der Waals surface area (Å²) >= 11 is 0. The third-order valence-corrected chi connectivity index (χ3v) is 4.32. The highest BCUT2D eigenvalue weighted by Gasteiger charge is 2.34. The molecular weight excluding hydrogens is 230 g/mol. The number of methoxy groups -OCH3 is 2. The minimum Gasteiger partial charge on any atom is -0.383 e. The van der Waals surface area contributed by atoms with Gasteiger partial charge in [-0.05, 0) is 32.6 Å². The number of likely N-dealkylation sites (tertiary alicyclic amines) is 1. The van der Waals surface area contributed by atoms with Gasteiger partial charge in [0.15, 0.2) is 0 Å².